The molecule has 2 heteroatoms. The van der Waals surface area contributed by atoms with Crippen molar-refractivity contribution in [2.45, 2.75) is 0 Å². The monoisotopic (exact) mass is 803 g/mol. The van der Waals surface area contributed by atoms with Gasteiger partial charge < -0.3 is 0 Å². The van der Waals surface area contributed by atoms with Crippen LogP contribution in [0.3, 0.4) is 0 Å². The summed E-state index contributed by atoms with van der Waals surface area (Å²) in [7, 11) is 0. The van der Waals surface area contributed by atoms with E-state index in [1.54, 1.807) is 0 Å². The molecule has 0 saturated carbocycles. The van der Waals surface area contributed by atoms with Gasteiger partial charge in [-0.3, -0.25) is 9.36 Å². The van der Waals surface area contributed by atoms with Crippen LogP contribution in [0.4, 0.5) is 0 Å². The average Bonchev–Trinajstić information content (AvgIpc) is 3.37. The summed E-state index contributed by atoms with van der Waals surface area (Å²) >= 11 is 0. The zero-order valence-corrected chi connectivity index (χ0v) is 34.5. The Labute approximate surface area is 367 Å². The minimum atomic E-state index is -0.0488. The number of rotatable bonds is 8. The van der Waals surface area contributed by atoms with Crippen LogP contribution in [0.2, 0.25) is 0 Å². The highest BCUT2D eigenvalue weighted by molar-refractivity contribution is 6.12. The molecule has 0 aliphatic rings. The first-order chi connectivity index (χ1) is 31.1. The summed E-state index contributed by atoms with van der Waals surface area (Å²) in [5, 5.41) is 2.64. The molecule has 0 aliphatic carbocycles. The Morgan fingerprint density at radius 2 is 0.619 bits per heavy atom. The van der Waals surface area contributed by atoms with Crippen LogP contribution in [-0.4, -0.2) is 4.57 Å². The molecule has 1 aromatic heterocycles. The molecule has 11 aromatic rings. The van der Waals surface area contributed by atoms with Crippen LogP contribution in [0.1, 0.15) is 0 Å². The first kappa shape index (κ1) is 37.7. The number of aromatic nitrogens is 1. The Hall–Kier alpha value is -8.33. The molecular formula is C61H41NO. The molecule has 0 fully saturated rings. The second-order valence-electron chi connectivity index (χ2n) is 16.1. The molecule has 0 bridgehead atoms. The number of hydrogen-bond acceptors (Lipinski definition) is 1. The maximum absolute atomic E-state index is 15.2. The lowest BCUT2D eigenvalue weighted by Crippen LogP contribution is -2.20. The molecule has 2 nitrogen and oxygen atoms in total. The minimum Gasteiger partial charge on any atom is -0.276 e. The zero-order chi connectivity index (χ0) is 42.1. The van der Waals surface area contributed by atoms with E-state index in [2.05, 4.69) is 231 Å². The van der Waals surface area contributed by atoms with E-state index in [-0.39, 0.29) is 5.56 Å². The van der Waals surface area contributed by atoms with Crippen LogP contribution >= 0.6 is 0 Å². The van der Waals surface area contributed by atoms with Gasteiger partial charge in [-0.05, 0) is 144 Å². The predicted octanol–water partition coefficient (Wildman–Crippen LogP) is 15.8. The number of pyridine rings is 1. The summed E-state index contributed by atoms with van der Waals surface area (Å²) in [4.78, 5) is 15.2. The highest BCUT2D eigenvalue weighted by atomic mass is 16.1. The van der Waals surface area contributed by atoms with Crippen molar-refractivity contribution < 1.29 is 0 Å². The van der Waals surface area contributed by atoms with Gasteiger partial charge in [0, 0.05) is 11.1 Å². The van der Waals surface area contributed by atoms with Gasteiger partial charge in [-0.1, -0.05) is 188 Å². The Morgan fingerprint density at radius 3 is 1.05 bits per heavy atom. The van der Waals surface area contributed by atoms with Crippen LogP contribution < -0.4 is 5.56 Å². The summed E-state index contributed by atoms with van der Waals surface area (Å²) in [6, 6.07) is 87.4. The van der Waals surface area contributed by atoms with E-state index in [0.29, 0.717) is 5.39 Å². The molecule has 296 valence electrons. The fraction of sp³-hybridized carbons (Fsp3) is 0. The molecule has 10 aromatic carbocycles. The second kappa shape index (κ2) is 16.3. The third kappa shape index (κ3) is 7.24. The largest absolute Gasteiger partial charge is 0.276 e. The van der Waals surface area contributed by atoms with Crippen molar-refractivity contribution in [2.75, 3.05) is 0 Å². The van der Waals surface area contributed by atoms with E-state index in [1.165, 1.54) is 11.1 Å². The van der Waals surface area contributed by atoms with Crippen LogP contribution in [-0.2, 0) is 0 Å². The van der Waals surface area contributed by atoms with Crippen molar-refractivity contribution in [3.8, 4) is 83.6 Å². The molecule has 0 saturated heterocycles. The quantitative estimate of drug-likeness (QED) is 0.140. The van der Waals surface area contributed by atoms with Gasteiger partial charge in [0.1, 0.15) is 0 Å². The Balaban J connectivity index is 1.10. The van der Waals surface area contributed by atoms with Crippen LogP contribution in [0.15, 0.2) is 254 Å². The third-order valence-corrected chi connectivity index (χ3v) is 12.2. The third-order valence-electron chi connectivity index (χ3n) is 12.2. The smallest absolute Gasteiger partial charge is 0.264 e. The van der Waals surface area contributed by atoms with E-state index in [4.69, 9.17) is 0 Å². The van der Waals surface area contributed by atoms with Crippen molar-refractivity contribution in [1.82, 2.24) is 4.57 Å². The van der Waals surface area contributed by atoms with E-state index in [1.807, 2.05) is 22.8 Å². The van der Waals surface area contributed by atoms with E-state index < -0.39 is 0 Å². The van der Waals surface area contributed by atoms with E-state index in [0.717, 1.165) is 88.7 Å². The van der Waals surface area contributed by atoms with Gasteiger partial charge in [-0.15, -0.1) is 0 Å². The molecule has 0 spiro atoms. The number of hydrogen-bond donors (Lipinski definition) is 0. The molecule has 0 atom stereocenters. The Kier molecular flexibility index (Phi) is 9.72. The lowest BCUT2D eigenvalue weighted by Gasteiger charge is -2.18. The van der Waals surface area contributed by atoms with Crippen molar-refractivity contribution >= 4 is 21.7 Å². The highest BCUT2D eigenvalue weighted by Crippen LogP contribution is 2.38. The van der Waals surface area contributed by atoms with Crippen LogP contribution in [0.5, 0.6) is 0 Å². The second-order valence-corrected chi connectivity index (χ2v) is 16.1. The SMILES string of the molecule is O=c1c2c(-c3ccccc3)cccc2c2cc(-c3cc(-c4ccccc4)cc(-c4ccccc4)c3)ccc2n1-c1ccc(-c2cc(-c3ccccc3)cc(-c3ccccc3)c2)cc1. The van der Waals surface area contributed by atoms with Crippen molar-refractivity contribution in [3.05, 3.63) is 259 Å². The van der Waals surface area contributed by atoms with E-state index in [9.17, 15) is 0 Å². The maximum Gasteiger partial charge on any atom is 0.264 e. The van der Waals surface area contributed by atoms with Crippen molar-refractivity contribution in [2.24, 2.45) is 0 Å². The van der Waals surface area contributed by atoms with Crippen molar-refractivity contribution in [1.29, 1.82) is 0 Å². The normalized spacial score (nSPS) is 11.2. The van der Waals surface area contributed by atoms with E-state index >= 15 is 4.79 Å². The van der Waals surface area contributed by atoms with Gasteiger partial charge in [0.2, 0.25) is 0 Å². The summed E-state index contributed by atoms with van der Waals surface area (Å²) in [6.07, 6.45) is 0. The molecule has 63 heavy (non-hydrogen) atoms. The number of fused-ring (bicyclic) bond motifs is 3. The fourth-order valence-electron chi connectivity index (χ4n) is 9.05. The number of benzene rings is 10. The lowest BCUT2D eigenvalue weighted by atomic mass is 9.91. The number of nitrogens with zero attached hydrogens (tertiary/aromatic N) is 1. The first-order valence-corrected chi connectivity index (χ1v) is 21.4. The summed E-state index contributed by atoms with van der Waals surface area (Å²) in [5.41, 5.74) is 17.2. The molecule has 11 rings (SSSR count). The van der Waals surface area contributed by atoms with Gasteiger partial charge in [-0.25, -0.2) is 0 Å². The summed E-state index contributed by atoms with van der Waals surface area (Å²) < 4.78 is 1.91. The Bertz CT molecular complexity index is 3350. The lowest BCUT2D eigenvalue weighted by molar-refractivity contribution is 1.06. The summed E-state index contributed by atoms with van der Waals surface area (Å²) in [5.74, 6) is 0. The highest BCUT2D eigenvalue weighted by Gasteiger charge is 2.18. The standard InChI is InChI=1S/C61H41NO/c63-61-60-56(47-25-14-5-15-26-47)27-16-28-57(60)58-41-48(54-39-51(44-21-10-3-11-22-44)36-52(40-54)45-23-12-4-13-24-45)31-34-59(58)62(61)55-32-29-46(30-33-55)53-37-49(42-17-6-1-7-18-42)35-50(38-53)43-19-8-2-9-20-43/h1-41H. The minimum absolute atomic E-state index is 0.0488. The molecule has 0 amide bonds. The van der Waals surface area contributed by atoms with Crippen molar-refractivity contribution in [3.63, 3.8) is 0 Å². The van der Waals surface area contributed by atoms with Gasteiger partial charge in [0.15, 0.2) is 0 Å². The van der Waals surface area contributed by atoms with Crippen LogP contribution in [0, 0.1) is 0 Å². The van der Waals surface area contributed by atoms with Crippen LogP contribution in [0.25, 0.3) is 105 Å². The molecule has 0 unspecified atom stereocenters. The molecular weight excluding hydrogens is 763 g/mol. The fourth-order valence-corrected chi connectivity index (χ4v) is 9.05. The molecule has 1 heterocycles. The predicted molar refractivity (Wildman–Crippen MR) is 265 cm³/mol. The molecule has 0 aliphatic heterocycles. The maximum atomic E-state index is 15.2. The topological polar surface area (TPSA) is 22.0 Å². The Morgan fingerprint density at radius 1 is 0.254 bits per heavy atom. The van der Waals surface area contributed by atoms with Gasteiger partial charge in [0.05, 0.1) is 10.9 Å². The first-order valence-electron chi connectivity index (χ1n) is 21.4. The summed E-state index contributed by atoms with van der Waals surface area (Å²) in [6.45, 7) is 0. The molecule has 0 radical (unpaired) electrons. The average molecular weight is 804 g/mol. The van der Waals surface area contributed by atoms with Gasteiger partial charge in [0.25, 0.3) is 5.56 Å². The van der Waals surface area contributed by atoms with Gasteiger partial charge in [-0.2, -0.15) is 0 Å². The van der Waals surface area contributed by atoms with Gasteiger partial charge >= 0.3 is 0 Å². The zero-order valence-electron chi connectivity index (χ0n) is 34.5. The molecule has 0 N–H and O–H groups in total.